The van der Waals surface area contributed by atoms with Crippen LogP contribution in [0, 0.1) is 22.7 Å². The molecule has 0 bridgehead atoms. The number of ether oxygens (including phenoxy) is 2. The Bertz CT molecular complexity index is 1380. The molecule has 9 nitrogen and oxygen atoms in total. The fourth-order valence-electron chi connectivity index (χ4n) is 4.41. The van der Waals surface area contributed by atoms with Gasteiger partial charge in [0.2, 0.25) is 0 Å². The minimum atomic E-state index is -2.29. The molecule has 0 radical (unpaired) electrons. The van der Waals surface area contributed by atoms with Crippen molar-refractivity contribution in [3.05, 3.63) is 81.9 Å². The normalized spacial score (nSPS) is 21.8. The molecule has 11 heteroatoms. The van der Waals surface area contributed by atoms with Gasteiger partial charge < -0.3 is 19.3 Å². The molecule has 0 saturated carbocycles. The molecule has 36 heavy (non-hydrogen) atoms. The Kier molecular flexibility index (Phi) is 5.80. The van der Waals surface area contributed by atoms with Crippen LogP contribution in [0.1, 0.15) is 11.1 Å². The fourth-order valence-corrected chi connectivity index (χ4v) is 4.75. The number of hydrogen-bond donors (Lipinski definition) is 0. The van der Waals surface area contributed by atoms with Crippen LogP contribution in [0.5, 0.6) is 0 Å². The Balaban J connectivity index is 1.84. The predicted molar refractivity (Wildman–Crippen MR) is 130 cm³/mol. The summed E-state index contributed by atoms with van der Waals surface area (Å²) in [6.45, 7) is 7.25. The summed E-state index contributed by atoms with van der Waals surface area (Å²) < 4.78 is 11.1. The number of fused-ring (bicyclic) bond motifs is 2. The molecule has 0 aromatic heterocycles. The van der Waals surface area contributed by atoms with E-state index in [4.69, 9.17) is 32.7 Å². The first-order valence-corrected chi connectivity index (χ1v) is 11.0. The van der Waals surface area contributed by atoms with Gasteiger partial charge in [-0.05, 0) is 24.3 Å². The van der Waals surface area contributed by atoms with Crippen molar-refractivity contribution < 1.29 is 23.9 Å². The van der Waals surface area contributed by atoms with E-state index in [0.717, 1.165) is 9.80 Å². The molecule has 0 spiro atoms. The van der Waals surface area contributed by atoms with E-state index in [1.165, 1.54) is 50.5 Å². The third-order valence-corrected chi connectivity index (χ3v) is 6.68. The van der Waals surface area contributed by atoms with E-state index in [1.807, 2.05) is 0 Å². The quantitative estimate of drug-likeness (QED) is 0.431. The van der Waals surface area contributed by atoms with Crippen molar-refractivity contribution in [1.82, 2.24) is 0 Å². The van der Waals surface area contributed by atoms with Crippen molar-refractivity contribution in [2.24, 2.45) is 0 Å². The molecule has 2 heterocycles. The lowest BCUT2D eigenvalue weighted by Gasteiger charge is -2.31. The third-order valence-electron chi connectivity index (χ3n) is 6.21. The average Bonchev–Trinajstić information content (AvgIpc) is 3.19. The standard InChI is InChI=1S/C25H16Cl2N4O5/c1-13(11-28)24(17-7-5-15(26)9-19(17)30(3)21(24)32)35-23(34)36-25(14(2)12-29)18-8-6-16(27)10-20(18)31(4)22(25)33/h5-10H,1-2H2,3-4H3. The molecule has 0 aliphatic carbocycles. The lowest BCUT2D eigenvalue weighted by Crippen LogP contribution is -2.47. The zero-order valence-corrected chi connectivity index (χ0v) is 20.5. The van der Waals surface area contributed by atoms with E-state index in [1.54, 1.807) is 12.1 Å². The maximum Gasteiger partial charge on any atom is 0.511 e. The summed E-state index contributed by atoms with van der Waals surface area (Å²) in [6, 6.07) is 12.2. The molecular formula is C25H16Cl2N4O5. The minimum Gasteiger partial charge on any atom is -0.407 e. The first kappa shape index (κ1) is 24.8. The fraction of sp³-hybridized carbons (Fsp3) is 0.160. The second kappa shape index (κ2) is 8.42. The number of carbonyl (C=O) groups is 3. The molecule has 2 aliphatic heterocycles. The summed E-state index contributed by atoms with van der Waals surface area (Å²) in [6.07, 6.45) is -1.52. The number of anilines is 2. The van der Waals surface area contributed by atoms with Gasteiger partial charge in [0.25, 0.3) is 23.0 Å². The minimum absolute atomic E-state index is 0.123. The number of benzene rings is 2. The molecule has 2 amide bonds. The highest BCUT2D eigenvalue weighted by Gasteiger charge is 2.60. The second-order valence-electron chi connectivity index (χ2n) is 8.05. The number of carbonyl (C=O) groups excluding carboxylic acids is 3. The number of halogens is 2. The van der Waals surface area contributed by atoms with Crippen molar-refractivity contribution in [3.63, 3.8) is 0 Å². The number of hydrogen-bond acceptors (Lipinski definition) is 7. The Morgan fingerprint density at radius 2 is 1.19 bits per heavy atom. The smallest absolute Gasteiger partial charge is 0.407 e. The maximum absolute atomic E-state index is 13.4. The van der Waals surface area contributed by atoms with Gasteiger partial charge in [-0.3, -0.25) is 9.59 Å². The van der Waals surface area contributed by atoms with Gasteiger partial charge >= 0.3 is 6.16 Å². The van der Waals surface area contributed by atoms with Crippen LogP contribution < -0.4 is 9.80 Å². The van der Waals surface area contributed by atoms with Crippen LogP contribution in [-0.2, 0) is 30.3 Å². The van der Waals surface area contributed by atoms with E-state index in [0.29, 0.717) is 10.0 Å². The summed E-state index contributed by atoms with van der Waals surface area (Å²) in [5.41, 5.74) is -4.58. The topological polar surface area (TPSA) is 124 Å². The molecular weight excluding hydrogens is 507 g/mol. The molecule has 180 valence electrons. The number of rotatable bonds is 4. The van der Waals surface area contributed by atoms with Gasteiger partial charge in [-0.25, -0.2) is 4.79 Å². The van der Waals surface area contributed by atoms with Crippen molar-refractivity contribution in [3.8, 4) is 12.1 Å². The summed E-state index contributed by atoms with van der Waals surface area (Å²) >= 11 is 12.1. The Morgan fingerprint density at radius 1 is 0.833 bits per heavy atom. The van der Waals surface area contributed by atoms with Crippen LogP contribution in [0.25, 0.3) is 0 Å². The zero-order chi connectivity index (χ0) is 26.6. The van der Waals surface area contributed by atoms with E-state index in [-0.39, 0.29) is 22.5 Å². The predicted octanol–water partition coefficient (Wildman–Crippen LogP) is 4.35. The highest BCUT2D eigenvalue weighted by atomic mass is 35.5. The van der Waals surface area contributed by atoms with Crippen molar-refractivity contribution in [1.29, 1.82) is 10.5 Å². The van der Waals surface area contributed by atoms with E-state index >= 15 is 0 Å². The third kappa shape index (κ3) is 3.18. The lowest BCUT2D eigenvalue weighted by atomic mass is 9.88. The molecule has 0 N–H and O–H groups in total. The SMILES string of the molecule is C=C(C#N)C1(OC(=O)OC2(C(=C)C#N)C(=O)N(C)c3cc(Cl)ccc32)C(=O)N(C)c2cc(Cl)ccc21. The monoisotopic (exact) mass is 522 g/mol. The number of nitrogens with zero attached hydrogens (tertiary/aromatic N) is 4. The van der Waals surface area contributed by atoms with Gasteiger partial charge in [0, 0.05) is 35.3 Å². The summed E-state index contributed by atoms with van der Waals surface area (Å²) in [4.78, 5) is 42.4. The molecule has 0 fully saturated rings. The molecule has 2 aliphatic rings. The van der Waals surface area contributed by atoms with Gasteiger partial charge in [0.15, 0.2) is 0 Å². The van der Waals surface area contributed by atoms with Crippen molar-refractivity contribution in [2.75, 3.05) is 23.9 Å². The molecule has 0 saturated heterocycles. The van der Waals surface area contributed by atoms with Crippen LogP contribution in [0.4, 0.5) is 16.2 Å². The molecule has 2 aromatic rings. The molecule has 2 atom stereocenters. The van der Waals surface area contributed by atoms with Crippen LogP contribution in [0.3, 0.4) is 0 Å². The van der Waals surface area contributed by atoms with Crippen molar-refractivity contribution >= 4 is 52.5 Å². The Hall–Kier alpha value is -4.31. The first-order valence-electron chi connectivity index (χ1n) is 10.2. The largest absolute Gasteiger partial charge is 0.511 e. The number of likely N-dealkylation sites (N-methyl/N-ethyl adjacent to an activating group) is 2. The summed E-state index contributed by atoms with van der Waals surface area (Å²) in [7, 11) is 2.82. The van der Waals surface area contributed by atoms with Crippen LogP contribution in [0.15, 0.2) is 60.7 Å². The number of nitriles is 2. The Morgan fingerprint density at radius 3 is 1.53 bits per heavy atom. The van der Waals surface area contributed by atoms with Gasteiger partial charge in [-0.1, -0.05) is 48.5 Å². The Labute approximate surface area is 215 Å². The van der Waals surface area contributed by atoms with Gasteiger partial charge in [0.05, 0.1) is 34.7 Å². The van der Waals surface area contributed by atoms with E-state index < -0.39 is 40.3 Å². The highest BCUT2D eigenvalue weighted by Crippen LogP contribution is 2.50. The van der Waals surface area contributed by atoms with Crippen LogP contribution >= 0.6 is 23.2 Å². The highest BCUT2D eigenvalue weighted by molar-refractivity contribution is 6.31. The summed E-state index contributed by atoms with van der Waals surface area (Å²) in [5.74, 6) is -1.61. The number of amides is 2. The zero-order valence-electron chi connectivity index (χ0n) is 19.0. The maximum atomic E-state index is 13.4. The van der Waals surface area contributed by atoms with Crippen LogP contribution in [0.2, 0.25) is 10.0 Å². The van der Waals surface area contributed by atoms with E-state index in [9.17, 15) is 24.9 Å². The van der Waals surface area contributed by atoms with Gasteiger partial charge in [-0.2, -0.15) is 10.5 Å². The summed E-state index contributed by atoms with van der Waals surface area (Å²) in [5, 5.41) is 19.9. The van der Waals surface area contributed by atoms with Gasteiger partial charge in [-0.15, -0.1) is 0 Å². The van der Waals surface area contributed by atoms with Gasteiger partial charge in [0.1, 0.15) is 0 Å². The van der Waals surface area contributed by atoms with E-state index in [2.05, 4.69) is 13.2 Å². The second-order valence-corrected chi connectivity index (χ2v) is 8.92. The first-order chi connectivity index (χ1) is 16.9. The molecule has 2 aromatic carbocycles. The average molecular weight is 523 g/mol. The molecule has 2 unspecified atom stereocenters. The molecule has 4 rings (SSSR count). The van der Waals surface area contributed by atoms with Crippen molar-refractivity contribution in [2.45, 2.75) is 11.2 Å². The lowest BCUT2D eigenvalue weighted by molar-refractivity contribution is -0.142. The van der Waals surface area contributed by atoms with Crippen LogP contribution in [-0.4, -0.2) is 32.1 Å².